The Morgan fingerprint density at radius 3 is 2.28 bits per heavy atom. The van der Waals surface area contributed by atoms with Crippen molar-refractivity contribution >= 4 is 11.3 Å². The lowest BCUT2D eigenvalue weighted by atomic mass is 10.00. The lowest BCUT2D eigenvalue weighted by Gasteiger charge is -2.15. The molecular formula is C27H29NO. The maximum Gasteiger partial charge on any atom is 0.126 e. The van der Waals surface area contributed by atoms with E-state index in [1.807, 2.05) is 18.2 Å². The predicted molar refractivity (Wildman–Crippen MR) is 124 cm³/mol. The molecule has 0 heterocycles. The van der Waals surface area contributed by atoms with Gasteiger partial charge < -0.3 is 10.1 Å². The van der Waals surface area contributed by atoms with E-state index in [0.717, 1.165) is 35.6 Å². The van der Waals surface area contributed by atoms with Crippen LogP contribution in [0.1, 0.15) is 37.0 Å². The van der Waals surface area contributed by atoms with Crippen molar-refractivity contribution in [3.8, 4) is 0 Å². The highest BCUT2D eigenvalue weighted by Crippen LogP contribution is 2.22. The maximum absolute atomic E-state index is 5.26. The highest BCUT2D eigenvalue weighted by atomic mass is 16.5. The number of benzene rings is 2. The average Bonchev–Trinajstić information content (AvgIpc) is 3.01. The third-order valence-corrected chi connectivity index (χ3v) is 5.29. The van der Waals surface area contributed by atoms with Crippen molar-refractivity contribution in [1.29, 1.82) is 0 Å². The van der Waals surface area contributed by atoms with Gasteiger partial charge in [-0.25, -0.2) is 0 Å². The molecule has 2 nitrogen and oxygen atoms in total. The molecule has 29 heavy (non-hydrogen) atoms. The van der Waals surface area contributed by atoms with Crippen molar-refractivity contribution in [2.45, 2.75) is 26.7 Å². The predicted octanol–water partition coefficient (Wildman–Crippen LogP) is 6.89. The van der Waals surface area contributed by atoms with Crippen molar-refractivity contribution in [3.63, 3.8) is 0 Å². The van der Waals surface area contributed by atoms with E-state index in [1.54, 1.807) is 7.11 Å². The second-order valence-electron chi connectivity index (χ2n) is 7.38. The first kappa shape index (κ1) is 20.5. The number of allylic oxidation sites excluding steroid dienone is 5. The molecule has 1 atom stereocenters. The standard InChI is InChI=1S/C27H29NO/c1-5-20(2)21(3)28-26-16-11-23(12-17-26)19-22-9-13-25(14-10-22)24-7-6-8-27(29-4)18-15-24/h7-18,20,28H,3,5,19H2,1-2,4H3. The number of anilines is 1. The molecule has 0 fully saturated rings. The molecule has 1 N–H and O–H groups in total. The first-order valence-corrected chi connectivity index (χ1v) is 10.1. The Morgan fingerprint density at radius 1 is 1.00 bits per heavy atom. The van der Waals surface area contributed by atoms with Crippen molar-refractivity contribution < 1.29 is 4.74 Å². The molecule has 0 amide bonds. The van der Waals surface area contributed by atoms with Gasteiger partial charge in [0.05, 0.1) is 7.11 Å². The van der Waals surface area contributed by atoms with Crippen LogP contribution in [0, 0.1) is 5.92 Å². The van der Waals surface area contributed by atoms with Gasteiger partial charge in [0.25, 0.3) is 0 Å². The summed E-state index contributed by atoms with van der Waals surface area (Å²) in [5.41, 5.74) is 10.2. The highest BCUT2D eigenvalue weighted by molar-refractivity contribution is 5.76. The molecule has 0 saturated carbocycles. The second kappa shape index (κ2) is 9.82. The van der Waals surface area contributed by atoms with Crippen LogP contribution in [0.25, 0.3) is 5.57 Å². The summed E-state index contributed by atoms with van der Waals surface area (Å²) in [6, 6.07) is 17.3. The van der Waals surface area contributed by atoms with Crippen LogP contribution < -0.4 is 5.32 Å². The third kappa shape index (κ3) is 5.63. The van der Waals surface area contributed by atoms with E-state index in [-0.39, 0.29) is 0 Å². The fraction of sp³-hybridized carbons (Fsp3) is 0.222. The Morgan fingerprint density at radius 2 is 1.66 bits per heavy atom. The van der Waals surface area contributed by atoms with Crippen LogP contribution in [0.2, 0.25) is 0 Å². The lowest BCUT2D eigenvalue weighted by Crippen LogP contribution is -2.06. The van der Waals surface area contributed by atoms with E-state index < -0.39 is 0 Å². The van der Waals surface area contributed by atoms with E-state index in [1.165, 1.54) is 16.7 Å². The molecule has 3 rings (SSSR count). The quantitative estimate of drug-likeness (QED) is 0.501. The molecular weight excluding hydrogens is 354 g/mol. The average molecular weight is 384 g/mol. The summed E-state index contributed by atoms with van der Waals surface area (Å²) in [6.45, 7) is 8.51. The van der Waals surface area contributed by atoms with Gasteiger partial charge in [-0.15, -0.1) is 5.73 Å². The summed E-state index contributed by atoms with van der Waals surface area (Å²) in [7, 11) is 1.67. The number of nitrogens with one attached hydrogen (secondary N) is 1. The minimum absolute atomic E-state index is 0.471. The fourth-order valence-electron chi connectivity index (χ4n) is 3.10. The smallest absolute Gasteiger partial charge is 0.126 e. The molecule has 1 aliphatic rings. The van der Waals surface area contributed by atoms with Gasteiger partial charge in [-0.2, -0.15) is 0 Å². The zero-order chi connectivity index (χ0) is 20.6. The molecule has 0 aliphatic heterocycles. The Kier molecular flexibility index (Phi) is 6.94. The largest absolute Gasteiger partial charge is 0.496 e. The van der Waals surface area contributed by atoms with E-state index in [2.05, 4.69) is 86.1 Å². The first-order valence-electron chi connectivity index (χ1n) is 10.1. The zero-order valence-corrected chi connectivity index (χ0v) is 17.5. The Bertz CT molecular complexity index is 968. The van der Waals surface area contributed by atoms with Gasteiger partial charge in [0.2, 0.25) is 0 Å². The molecule has 2 aromatic rings. The summed E-state index contributed by atoms with van der Waals surface area (Å²) < 4.78 is 5.26. The van der Waals surface area contributed by atoms with E-state index in [0.29, 0.717) is 5.92 Å². The Balaban J connectivity index is 1.64. The van der Waals surface area contributed by atoms with Gasteiger partial charge >= 0.3 is 0 Å². The topological polar surface area (TPSA) is 21.3 Å². The lowest BCUT2D eigenvalue weighted by molar-refractivity contribution is 0.307. The molecule has 0 saturated heterocycles. The summed E-state index contributed by atoms with van der Waals surface area (Å²) in [4.78, 5) is 0. The van der Waals surface area contributed by atoms with Crippen LogP contribution in [-0.2, 0) is 11.2 Å². The molecule has 1 unspecified atom stereocenters. The molecule has 148 valence electrons. The second-order valence-corrected chi connectivity index (χ2v) is 7.38. The van der Waals surface area contributed by atoms with Crippen molar-refractivity contribution in [2.75, 3.05) is 12.4 Å². The Labute approximate surface area is 174 Å². The maximum atomic E-state index is 5.26. The summed E-state index contributed by atoms with van der Waals surface area (Å²) in [5, 5.41) is 3.41. The highest BCUT2D eigenvalue weighted by Gasteiger charge is 2.05. The molecule has 0 bridgehead atoms. The van der Waals surface area contributed by atoms with E-state index >= 15 is 0 Å². The molecule has 0 radical (unpaired) electrons. The number of ether oxygens (including phenoxy) is 1. The number of hydrogen-bond donors (Lipinski definition) is 1. The van der Waals surface area contributed by atoms with Crippen molar-refractivity contribution in [1.82, 2.24) is 0 Å². The summed E-state index contributed by atoms with van der Waals surface area (Å²) in [6.07, 6.45) is 9.85. The molecule has 2 aromatic carbocycles. The van der Waals surface area contributed by atoms with Crippen LogP contribution in [0.4, 0.5) is 5.69 Å². The minimum atomic E-state index is 0.471. The fourth-order valence-corrected chi connectivity index (χ4v) is 3.10. The number of rotatable bonds is 8. The summed E-state index contributed by atoms with van der Waals surface area (Å²) >= 11 is 0. The molecule has 0 aromatic heterocycles. The number of methoxy groups -OCH3 is 1. The van der Waals surface area contributed by atoms with Crippen LogP contribution >= 0.6 is 0 Å². The SMILES string of the molecule is C=C(Nc1ccc(Cc2ccc(C3=CC=C(OC)C=C=C3)cc2)cc1)C(C)CC. The first-order chi connectivity index (χ1) is 14.1. The number of hydrogen-bond acceptors (Lipinski definition) is 2. The molecule has 1 aliphatic carbocycles. The third-order valence-electron chi connectivity index (χ3n) is 5.29. The van der Waals surface area contributed by atoms with E-state index in [4.69, 9.17) is 4.74 Å². The van der Waals surface area contributed by atoms with Crippen LogP contribution in [0.5, 0.6) is 0 Å². The van der Waals surface area contributed by atoms with Gasteiger partial charge in [0, 0.05) is 17.5 Å². The Hall–Kier alpha value is -3.22. The van der Waals surface area contributed by atoms with Gasteiger partial charge in [-0.05, 0) is 65.3 Å². The summed E-state index contributed by atoms with van der Waals surface area (Å²) in [5.74, 6) is 1.28. The zero-order valence-electron chi connectivity index (χ0n) is 17.5. The van der Waals surface area contributed by atoms with Crippen LogP contribution in [0.3, 0.4) is 0 Å². The van der Waals surface area contributed by atoms with Crippen molar-refractivity contribution in [3.05, 3.63) is 113 Å². The normalized spacial score (nSPS) is 13.9. The monoisotopic (exact) mass is 383 g/mol. The molecule has 2 heteroatoms. The van der Waals surface area contributed by atoms with Gasteiger partial charge in [0.15, 0.2) is 0 Å². The molecule has 0 spiro atoms. The van der Waals surface area contributed by atoms with Crippen LogP contribution in [0.15, 0.2) is 96.6 Å². The minimum Gasteiger partial charge on any atom is -0.496 e. The van der Waals surface area contributed by atoms with Crippen molar-refractivity contribution in [2.24, 2.45) is 5.92 Å². The van der Waals surface area contributed by atoms with Gasteiger partial charge in [-0.3, -0.25) is 0 Å². The van der Waals surface area contributed by atoms with Gasteiger partial charge in [0.1, 0.15) is 5.76 Å². The van der Waals surface area contributed by atoms with Gasteiger partial charge in [-0.1, -0.05) is 62.9 Å². The van der Waals surface area contributed by atoms with Crippen LogP contribution in [-0.4, -0.2) is 7.11 Å². The van der Waals surface area contributed by atoms with E-state index in [9.17, 15) is 0 Å².